The van der Waals surface area contributed by atoms with Crippen molar-refractivity contribution in [2.45, 2.75) is 19.8 Å². The largest absolute Gasteiger partial charge is 0.352 e. The van der Waals surface area contributed by atoms with E-state index < -0.39 is 0 Å². The first-order valence-electron chi connectivity index (χ1n) is 9.19. The number of aryl methyl sites for hydroxylation is 1. The second kappa shape index (κ2) is 6.96. The minimum absolute atomic E-state index is 0.284. The summed E-state index contributed by atoms with van der Waals surface area (Å²) in [4.78, 5) is 18.9. The van der Waals surface area contributed by atoms with E-state index in [0.29, 0.717) is 6.54 Å². The van der Waals surface area contributed by atoms with Crippen molar-refractivity contribution in [1.29, 1.82) is 0 Å². The highest BCUT2D eigenvalue weighted by molar-refractivity contribution is 5.93. The molecule has 0 atom stereocenters. The van der Waals surface area contributed by atoms with Gasteiger partial charge in [-0.1, -0.05) is 24.3 Å². The van der Waals surface area contributed by atoms with Crippen LogP contribution in [0.15, 0.2) is 24.3 Å². The number of piperazine rings is 1. The van der Waals surface area contributed by atoms with Gasteiger partial charge in [0.15, 0.2) is 5.82 Å². The molecule has 0 spiro atoms. The standard InChI is InChI=1S/C19H25N5O/c1-15-16-6-2-3-7-17(16)19(21-20-15)24-12-10-22(11-13-24)14-18(25)23-8-4-5-9-23/h2-3,6-7H,4-5,8-14H2,1H3. The lowest BCUT2D eigenvalue weighted by atomic mass is 10.1. The SMILES string of the molecule is Cc1nnc(N2CCN(CC(=O)N3CCCC3)CC2)c2ccccc12. The smallest absolute Gasteiger partial charge is 0.236 e. The van der Waals surface area contributed by atoms with Gasteiger partial charge in [-0.3, -0.25) is 9.69 Å². The van der Waals surface area contributed by atoms with E-state index in [0.717, 1.165) is 69.0 Å². The highest BCUT2D eigenvalue weighted by Gasteiger charge is 2.24. The third kappa shape index (κ3) is 3.31. The Hall–Kier alpha value is -2.21. The van der Waals surface area contributed by atoms with Gasteiger partial charge >= 0.3 is 0 Å². The third-order valence-electron chi connectivity index (χ3n) is 5.34. The first kappa shape index (κ1) is 16.3. The van der Waals surface area contributed by atoms with E-state index in [-0.39, 0.29) is 5.91 Å². The predicted molar refractivity (Wildman–Crippen MR) is 98.7 cm³/mol. The van der Waals surface area contributed by atoms with Crippen LogP contribution in [-0.2, 0) is 4.79 Å². The van der Waals surface area contributed by atoms with Crippen LogP contribution in [0, 0.1) is 6.92 Å². The number of fused-ring (bicyclic) bond motifs is 1. The van der Waals surface area contributed by atoms with Gasteiger partial charge in [-0.05, 0) is 19.8 Å². The summed E-state index contributed by atoms with van der Waals surface area (Å²) in [6.45, 7) is 7.97. The van der Waals surface area contributed by atoms with E-state index >= 15 is 0 Å². The van der Waals surface area contributed by atoms with Crippen molar-refractivity contribution in [1.82, 2.24) is 20.0 Å². The summed E-state index contributed by atoms with van der Waals surface area (Å²) in [5, 5.41) is 11.1. The van der Waals surface area contributed by atoms with Crippen LogP contribution in [0.2, 0.25) is 0 Å². The minimum atomic E-state index is 0.284. The van der Waals surface area contributed by atoms with E-state index in [4.69, 9.17) is 0 Å². The molecule has 0 aliphatic carbocycles. The zero-order chi connectivity index (χ0) is 17.2. The van der Waals surface area contributed by atoms with Crippen LogP contribution in [0.5, 0.6) is 0 Å². The van der Waals surface area contributed by atoms with Crippen LogP contribution < -0.4 is 4.90 Å². The average molecular weight is 339 g/mol. The van der Waals surface area contributed by atoms with Crippen molar-refractivity contribution in [3.63, 3.8) is 0 Å². The molecule has 25 heavy (non-hydrogen) atoms. The Morgan fingerprint density at radius 1 is 0.960 bits per heavy atom. The van der Waals surface area contributed by atoms with Crippen molar-refractivity contribution >= 4 is 22.5 Å². The third-order valence-corrected chi connectivity index (χ3v) is 5.34. The Morgan fingerprint density at radius 3 is 2.36 bits per heavy atom. The lowest BCUT2D eigenvalue weighted by Gasteiger charge is -2.35. The number of hydrogen-bond donors (Lipinski definition) is 0. The first-order valence-corrected chi connectivity index (χ1v) is 9.19. The Balaban J connectivity index is 1.42. The lowest BCUT2D eigenvalue weighted by molar-refractivity contribution is -0.131. The molecule has 2 fully saturated rings. The number of carbonyl (C=O) groups excluding carboxylic acids is 1. The van der Waals surface area contributed by atoms with Gasteiger partial charge < -0.3 is 9.80 Å². The molecular formula is C19H25N5O. The average Bonchev–Trinajstić information content (AvgIpc) is 3.18. The summed E-state index contributed by atoms with van der Waals surface area (Å²) >= 11 is 0. The Kier molecular flexibility index (Phi) is 4.53. The van der Waals surface area contributed by atoms with Crippen LogP contribution in [0.1, 0.15) is 18.5 Å². The molecule has 0 saturated carbocycles. The van der Waals surface area contributed by atoms with Gasteiger partial charge in [0, 0.05) is 50.0 Å². The number of hydrogen-bond acceptors (Lipinski definition) is 5. The fourth-order valence-electron chi connectivity index (χ4n) is 3.83. The van der Waals surface area contributed by atoms with Gasteiger partial charge in [0.1, 0.15) is 0 Å². The van der Waals surface area contributed by atoms with E-state index in [1.165, 1.54) is 5.39 Å². The van der Waals surface area contributed by atoms with Gasteiger partial charge in [-0.2, -0.15) is 5.10 Å². The molecule has 2 aromatic rings. The Labute approximate surface area is 148 Å². The summed E-state index contributed by atoms with van der Waals surface area (Å²) in [5.74, 6) is 1.25. The molecule has 1 aromatic heterocycles. The molecule has 0 bridgehead atoms. The van der Waals surface area contributed by atoms with Gasteiger partial charge in [0.2, 0.25) is 5.91 Å². The fraction of sp³-hybridized carbons (Fsp3) is 0.526. The molecule has 0 radical (unpaired) electrons. The molecule has 1 aromatic carbocycles. The van der Waals surface area contributed by atoms with Crippen LogP contribution in [-0.4, -0.2) is 71.7 Å². The quantitative estimate of drug-likeness (QED) is 0.852. The summed E-state index contributed by atoms with van der Waals surface area (Å²) in [5.41, 5.74) is 0.967. The van der Waals surface area contributed by atoms with Crippen molar-refractivity contribution < 1.29 is 4.79 Å². The zero-order valence-corrected chi connectivity index (χ0v) is 14.8. The molecule has 0 unspecified atom stereocenters. The van der Waals surface area contributed by atoms with Crippen LogP contribution >= 0.6 is 0 Å². The molecule has 2 aliphatic rings. The number of likely N-dealkylation sites (tertiary alicyclic amines) is 1. The molecule has 132 valence electrons. The molecule has 1 amide bonds. The summed E-state index contributed by atoms with van der Waals surface area (Å²) in [7, 11) is 0. The van der Waals surface area contributed by atoms with Gasteiger partial charge in [-0.15, -0.1) is 5.10 Å². The number of carbonyl (C=O) groups is 1. The highest BCUT2D eigenvalue weighted by atomic mass is 16.2. The van der Waals surface area contributed by atoms with Crippen molar-refractivity contribution in [3.05, 3.63) is 30.0 Å². The second-order valence-electron chi connectivity index (χ2n) is 7.01. The number of anilines is 1. The number of nitrogens with zero attached hydrogens (tertiary/aromatic N) is 5. The van der Waals surface area contributed by atoms with E-state index in [1.807, 2.05) is 17.9 Å². The molecule has 2 aliphatic heterocycles. The minimum Gasteiger partial charge on any atom is -0.352 e. The lowest BCUT2D eigenvalue weighted by Crippen LogP contribution is -2.50. The Morgan fingerprint density at radius 2 is 1.64 bits per heavy atom. The van der Waals surface area contributed by atoms with Crippen molar-refractivity contribution in [2.24, 2.45) is 0 Å². The molecular weight excluding hydrogens is 314 g/mol. The molecule has 4 rings (SSSR count). The molecule has 6 nitrogen and oxygen atoms in total. The molecule has 6 heteroatoms. The normalized spacial score (nSPS) is 18.9. The maximum absolute atomic E-state index is 12.3. The number of benzene rings is 1. The Bertz CT molecular complexity index is 763. The van der Waals surface area contributed by atoms with Crippen molar-refractivity contribution in [2.75, 3.05) is 50.7 Å². The number of amides is 1. The van der Waals surface area contributed by atoms with Crippen molar-refractivity contribution in [3.8, 4) is 0 Å². The van der Waals surface area contributed by atoms with Gasteiger partial charge in [0.05, 0.1) is 12.2 Å². The number of rotatable bonds is 3. The van der Waals surface area contributed by atoms with Crippen LogP contribution in [0.3, 0.4) is 0 Å². The van der Waals surface area contributed by atoms with E-state index in [9.17, 15) is 4.79 Å². The highest BCUT2D eigenvalue weighted by Crippen LogP contribution is 2.26. The summed E-state index contributed by atoms with van der Waals surface area (Å²) in [6.07, 6.45) is 2.30. The zero-order valence-electron chi connectivity index (χ0n) is 14.8. The summed E-state index contributed by atoms with van der Waals surface area (Å²) in [6, 6.07) is 8.32. The van der Waals surface area contributed by atoms with Crippen LogP contribution in [0.4, 0.5) is 5.82 Å². The monoisotopic (exact) mass is 339 g/mol. The van der Waals surface area contributed by atoms with Gasteiger partial charge in [-0.25, -0.2) is 0 Å². The second-order valence-corrected chi connectivity index (χ2v) is 7.01. The summed E-state index contributed by atoms with van der Waals surface area (Å²) < 4.78 is 0. The maximum Gasteiger partial charge on any atom is 0.236 e. The maximum atomic E-state index is 12.3. The molecule has 2 saturated heterocycles. The molecule has 3 heterocycles. The first-order chi connectivity index (χ1) is 12.2. The van der Waals surface area contributed by atoms with Crippen LogP contribution in [0.25, 0.3) is 10.8 Å². The number of aromatic nitrogens is 2. The predicted octanol–water partition coefficient (Wildman–Crippen LogP) is 1.68. The fourth-order valence-corrected chi connectivity index (χ4v) is 3.83. The van der Waals surface area contributed by atoms with E-state index in [2.05, 4.69) is 38.2 Å². The topological polar surface area (TPSA) is 52.6 Å². The van der Waals surface area contributed by atoms with E-state index in [1.54, 1.807) is 0 Å². The molecule has 0 N–H and O–H groups in total. The van der Waals surface area contributed by atoms with Gasteiger partial charge in [0.25, 0.3) is 0 Å².